The molecule has 0 radical (unpaired) electrons. The molecule has 2 aromatic rings. The highest BCUT2D eigenvalue weighted by Crippen LogP contribution is 2.29. The summed E-state index contributed by atoms with van der Waals surface area (Å²) >= 11 is 6.86. The second-order valence-electron chi connectivity index (χ2n) is 3.71. The summed E-state index contributed by atoms with van der Waals surface area (Å²) in [5, 5.41) is 12.3. The summed E-state index contributed by atoms with van der Waals surface area (Å²) in [5.74, 6) is 0.570. The van der Waals surface area contributed by atoms with Crippen LogP contribution in [-0.2, 0) is 0 Å². The summed E-state index contributed by atoms with van der Waals surface area (Å²) < 4.78 is 1.89. The Morgan fingerprint density at radius 1 is 1.28 bits per heavy atom. The Labute approximate surface area is 122 Å². The van der Waals surface area contributed by atoms with Gasteiger partial charge < -0.3 is 5.32 Å². The van der Waals surface area contributed by atoms with E-state index in [-0.39, 0.29) is 0 Å². The van der Waals surface area contributed by atoms with E-state index in [9.17, 15) is 0 Å². The number of hydrogen-bond donors (Lipinski definition) is 1. The Balaban J connectivity index is 2.41. The van der Waals surface area contributed by atoms with Gasteiger partial charge in [-0.2, -0.15) is 5.26 Å². The monoisotopic (exact) mass is 365 g/mol. The zero-order chi connectivity index (χ0) is 13.1. The number of hydrogen-bond acceptors (Lipinski definition) is 3. The lowest BCUT2D eigenvalue weighted by Gasteiger charge is -2.10. The molecule has 1 aromatic carbocycles. The molecule has 1 heterocycles. The lowest BCUT2D eigenvalue weighted by molar-refractivity contribution is 1.24. The molecule has 1 aromatic heterocycles. The van der Waals surface area contributed by atoms with Crippen molar-refractivity contribution in [3.8, 4) is 6.07 Å². The molecule has 0 spiro atoms. The molecular formula is C13H9Br2N3. The minimum absolute atomic E-state index is 0.562. The van der Waals surface area contributed by atoms with Crippen molar-refractivity contribution in [2.45, 2.75) is 6.92 Å². The summed E-state index contributed by atoms with van der Waals surface area (Å²) in [7, 11) is 0. The van der Waals surface area contributed by atoms with E-state index in [0.717, 1.165) is 20.2 Å². The minimum Gasteiger partial charge on any atom is -0.338 e. The maximum Gasteiger partial charge on any atom is 0.148 e. The zero-order valence-corrected chi connectivity index (χ0v) is 12.7. The average molecular weight is 367 g/mol. The maximum atomic E-state index is 9.14. The molecule has 5 heteroatoms. The van der Waals surface area contributed by atoms with Crippen molar-refractivity contribution in [3.05, 3.63) is 50.5 Å². The summed E-state index contributed by atoms with van der Waals surface area (Å²) in [6.07, 6.45) is 1.69. The third kappa shape index (κ3) is 2.71. The zero-order valence-electron chi connectivity index (χ0n) is 9.54. The van der Waals surface area contributed by atoms with Crippen LogP contribution in [0.3, 0.4) is 0 Å². The van der Waals surface area contributed by atoms with E-state index in [1.165, 1.54) is 0 Å². The van der Waals surface area contributed by atoms with E-state index in [4.69, 9.17) is 5.26 Å². The molecule has 0 fully saturated rings. The number of nitriles is 1. The van der Waals surface area contributed by atoms with Crippen molar-refractivity contribution < 1.29 is 0 Å². The Bertz CT molecular complexity index is 633. The summed E-state index contributed by atoms with van der Waals surface area (Å²) in [4.78, 5) is 4.20. The molecule has 0 aliphatic rings. The molecule has 0 bridgehead atoms. The lowest BCUT2D eigenvalue weighted by Crippen LogP contribution is -1.99. The molecule has 2 rings (SSSR count). The third-order valence-electron chi connectivity index (χ3n) is 2.46. The van der Waals surface area contributed by atoms with Gasteiger partial charge in [-0.1, -0.05) is 15.9 Å². The quantitative estimate of drug-likeness (QED) is 0.849. The standard InChI is InChI=1S/C13H9Br2N3/c1-8-4-5-17-13(10(8)7-16)18-12-3-2-9(14)6-11(12)15/h2-6H,1H3,(H,17,18). The first-order valence-electron chi connectivity index (χ1n) is 5.19. The van der Waals surface area contributed by atoms with E-state index >= 15 is 0 Å². The molecule has 0 aliphatic carbocycles. The molecule has 1 N–H and O–H groups in total. The number of rotatable bonds is 2. The smallest absolute Gasteiger partial charge is 0.148 e. The highest BCUT2D eigenvalue weighted by atomic mass is 79.9. The van der Waals surface area contributed by atoms with Gasteiger partial charge in [0.15, 0.2) is 0 Å². The summed E-state index contributed by atoms with van der Waals surface area (Å²) in [5.41, 5.74) is 2.34. The normalized spacial score (nSPS) is 9.89. The van der Waals surface area contributed by atoms with Gasteiger partial charge in [0.1, 0.15) is 11.9 Å². The van der Waals surface area contributed by atoms with Gasteiger partial charge in [-0.3, -0.25) is 0 Å². The van der Waals surface area contributed by atoms with E-state index in [1.807, 2.05) is 31.2 Å². The predicted octanol–water partition coefficient (Wildman–Crippen LogP) is 4.53. The van der Waals surface area contributed by atoms with Gasteiger partial charge in [-0.05, 0) is 52.7 Å². The van der Waals surface area contributed by atoms with Crippen LogP contribution in [0, 0.1) is 18.3 Å². The second kappa shape index (κ2) is 5.51. The van der Waals surface area contributed by atoms with E-state index in [1.54, 1.807) is 6.20 Å². The fraction of sp³-hybridized carbons (Fsp3) is 0.0769. The van der Waals surface area contributed by atoms with Gasteiger partial charge in [0.25, 0.3) is 0 Å². The van der Waals surface area contributed by atoms with Crippen molar-refractivity contribution in [2.75, 3.05) is 5.32 Å². The van der Waals surface area contributed by atoms with Crippen LogP contribution in [-0.4, -0.2) is 4.98 Å². The van der Waals surface area contributed by atoms with Gasteiger partial charge in [-0.25, -0.2) is 4.98 Å². The summed E-state index contributed by atoms with van der Waals surface area (Å²) in [6, 6.07) is 9.76. The van der Waals surface area contributed by atoms with Crippen molar-refractivity contribution in [1.82, 2.24) is 4.98 Å². The van der Waals surface area contributed by atoms with Gasteiger partial charge in [0, 0.05) is 15.1 Å². The fourth-order valence-electron chi connectivity index (χ4n) is 1.51. The number of pyridine rings is 1. The highest BCUT2D eigenvalue weighted by molar-refractivity contribution is 9.11. The van der Waals surface area contributed by atoms with Gasteiger partial charge in [-0.15, -0.1) is 0 Å². The molecule has 3 nitrogen and oxygen atoms in total. The molecule has 0 saturated carbocycles. The van der Waals surface area contributed by atoms with E-state index in [0.29, 0.717) is 11.4 Å². The first-order valence-corrected chi connectivity index (χ1v) is 6.78. The average Bonchev–Trinajstić information content (AvgIpc) is 2.33. The minimum atomic E-state index is 0.562. The maximum absolute atomic E-state index is 9.14. The Kier molecular flexibility index (Phi) is 4.00. The first-order chi connectivity index (χ1) is 8.61. The number of aryl methyl sites for hydroxylation is 1. The van der Waals surface area contributed by atoms with Gasteiger partial charge in [0.05, 0.1) is 11.3 Å². The third-order valence-corrected chi connectivity index (χ3v) is 3.60. The first kappa shape index (κ1) is 13.1. The molecule has 0 atom stereocenters. The van der Waals surface area contributed by atoms with Crippen LogP contribution in [0.5, 0.6) is 0 Å². The lowest BCUT2D eigenvalue weighted by atomic mass is 10.1. The molecular weight excluding hydrogens is 358 g/mol. The molecule has 18 heavy (non-hydrogen) atoms. The van der Waals surface area contributed by atoms with Crippen LogP contribution < -0.4 is 5.32 Å². The number of nitrogens with zero attached hydrogens (tertiary/aromatic N) is 2. The number of halogens is 2. The van der Waals surface area contributed by atoms with Crippen LogP contribution in [0.2, 0.25) is 0 Å². The molecule has 0 amide bonds. The highest BCUT2D eigenvalue weighted by Gasteiger charge is 2.08. The summed E-state index contributed by atoms with van der Waals surface area (Å²) in [6.45, 7) is 1.89. The molecule has 90 valence electrons. The number of aromatic nitrogens is 1. The van der Waals surface area contributed by atoms with Crippen LogP contribution in [0.25, 0.3) is 0 Å². The SMILES string of the molecule is Cc1ccnc(Nc2ccc(Br)cc2Br)c1C#N. The Morgan fingerprint density at radius 2 is 2.06 bits per heavy atom. The van der Waals surface area contributed by atoms with Gasteiger partial charge >= 0.3 is 0 Å². The second-order valence-corrected chi connectivity index (χ2v) is 5.48. The number of anilines is 2. The van der Waals surface area contributed by atoms with Crippen molar-refractivity contribution in [2.24, 2.45) is 0 Å². The van der Waals surface area contributed by atoms with Crippen molar-refractivity contribution in [1.29, 1.82) is 5.26 Å². The Morgan fingerprint density at radius 3 is 2.72 bits per heavy atom. The molecule has 0 aliphatic heterocycles. The predicted molar refractivity (Wildman–Crippen MR) is 78.8 cm³/mol. The topological polar surface area (TPSA) is 48.7 Å². The van der Waals surface area contributed by atoms with E-state index < -0.39 is 0 Å². The van der Waals surface area contributed by atoms with Crippen molar-refractivity contribution in [3.63, 3.8) is 0 Å². The largest absolute Gasteiger partial charge is 0.338 e. The number of nitrogens with one attached hydrogen (secondary N) is 1. The number of benzene rings is 1. The van der Waals surface area contributed by atoms with E-state index in [2.05, 4.69) is 48.2 Å². The van der Waals surface area contributed by atoms with Crippen LogP contribution in [0.4, 0.5) is 11.5 Å². The molecule has 0 unspecified atom stereocenters. The van der Waals surface area contributed by atoms with Crippen LogP contribution in [0.15, 0.2) is 39.4 Å². The molecule has 0 saturated heterocycles. The van der Waals surface area contributed by atoms with Crippen LogP contribution >= 0.6 is 31.9 Å². The van der Waals surface area contributed by atoms with Crippen molar-refractivity contribution >= 4 is 43.4 Å². The fourth-order valence-corrected chi connectivity index (χ4v) is 2.66. The van der Waals surface area contributed by atoms with Gasteiger partial charge in [0.2, 0.25) is 0 Å². The Hall–Kier alpha value is -1.38. The van der Waals surface area contributed by atoms with Crippen LogP contribution in [0.1, 0.15) is 11.1 Å².